The Kier molecular flexibility index (Phi) is 4.71. The first-order valence-electron chi connectivity index (χ1n) is 5.62. The average Bonchev–Trinajstić information content (AvgIpc) is 2.33. The van der Waals surface area contributed by atoms with Gasteiger partial charge in [-0.3, -0.25) is 0 Å². The Hall–Kier alpha value is -2.04. The van der Waals surface area contributed by atoms with Gasteiger partial charge >= 0.3 is 5.97 Å². The van der Waals surface area contributed by atoms with E-state index in [1.165, 1.54) is 12.2 Å². The monoisotopic (exact) mass is 252 g/mol. The fourth-order valence-electron chi connectivity index (χ4n) is 1.65. The van der Waals surface area contributed by atoms with Gasteiger partial charge < -0.3 is 15.8 Å². The minimum atomic E-state index is -0.550. The number of aryl methyl sites for hydroxylation is 1. The lowest BCUT2D eigenvalue weighted by Gasteiger charge is -2.11. The lowest BCUT2D eigenvalue weighted by molar-refractivity contribution is -0.137. The van der Waals surface area contributed by atoms with E-state index in [0.717, 1.165) is 5.56 Å². The summed E-state index contributed by atoms with van der Waals surface area (Å²) in [5.74, 6) is -1.06. The number of anilines is 2. The molecule has 1 rings (SSSR count). The van der Waals surface area contributed by atoms with Gasteiger partial charge in [-0.1, -0.05) is 0 Å². The molecule has 0 unspecified atom stereocenters. The van der Waals surface area contributed by atoms with Crippen LogP contribution < -0.4 is 11.1 Å². The number of carbonyl (C=O) groups excluding carboxylic acids is 1. The van der Waals surface area contributed by atoms with Crippen LogP contribution in [-0.2, 0) is 9.53 Å². The molecule has 0 heterocycles. The summed E-state index contributed by atoms with van der Waals surface area (Å²) in [6.45, 7) is 3.80. The van der Waals surface area contributed by atoms with Crippen LogP contribution in [0.1, 0.15) is 18.1 Å². The summed E-state index contributed by atoms with van der Waals surface area (Å²) in [4.78, 5) is 11.1. The van der Waals surface area contributed by atoms with E-state index < -0.39 is 11.8 Å². The number of hydrogen-bond acceptors (Lipinski definition) is 4. The molecule has 0 fully saturated rings. The second kappa shape index (κ2) is 6.05. The summed E-state index contributed by atoms with van der Waals surface area (Å²) >= 11 is 0. The molecule has 5 heteroatoms. The Morgan fingerprint density at radius 2 is 2.28 bits per heavy atom. The fourth-order valence-corrected chi connectivity index (χ4v) is 1.65. The van der Waals surface area contributed by atoms with Crippen molar-refractivity contribution in [2.45, 2.75) is 13.8 Å². The molecule has 98 valence electrons. The number of rotatable bonds is 4. The van der Waals surface area contributed by atoms with Crippen molar-refractivity contribution in [1.82, 2.24) is 0 Å². The van der Waals surface area contributed by atoms with E-state index in [4.69, 9.17) is 10.5 Å². The highest BCUT2D eigenvalue weighted by atomic mass is 19.1. The number of halogens is 1. The van der Waals surface area contributed by atoms with E-state index in [0.29, 0.717) is 5.69 Å². The first-order valence-corrected chi connectivity index (χ1v) is 5.62. The molecule has 18 heavy (non-hydrogen) atoms. The van der Waals surface area contributed by atoms with Crippen molar-refractivity contribution < 1.29 is 13.9 Å². The second-order valence-corrected chi connectivity index (χ2v) is 3.72. The van der Waals surface area contributed by atoms with Gasteiger partial charge in [0.15, 0.2) is 5.82 Å². The van der Waals surface area contributed by atoms with E-state index in [1.54, 1.807) is 20.0 Å². The molecule has 0 aliphatic carbocycles. The van der Waals surface area contributed by atoms with Crippen molar-refractivity contribution in [1.29, 1.82) is 0 Å². The number of benzene rings is 1. The summed E-state index contributed by atoms with van der Waals surface area (Å²) in [5, 5.41) is 2.84. The highest BCUT2D eigenvalue weighted by molar-refractivity contribution is 5.88. The molecule has 0 bridgehead atoms. The number of nitrogens with one attached hydrogen (secondary N) is 1. The fraction of sp³-hybridized carbons (Fsp3) is 0.308. The van der Waals surface area contributed by atoms with Crippen LogP contribution >= 0.6 is 0 Å². The molecule has 0 spiro atoms. The molecule has 0 saturated heterocycles. The first kappa shape index (κ1) is 14.0. The van der Waals surface area contributed by atoms with Gasteiger partial charge in [-0.15, -0.1) is 0 Å². The molecule has 0 amide bonds. The molecular weight excluding hydrogens is 235 g/mol. The van der Waals surface area contributed by atoms with Gasteiger partial charge in [-0.2, -0.15) is 0 Å². The Labute approximate surface area is 106 Å². The summed E-state index contributed by atoms with van der Waals surface area (Å²) < 4.78 is 18.6. The number of ether oxygens (including phenoxy) is 1. The van der Waals surface area contributed by atoms with Gasteiger partial charge in [0.25, 0.3) is 0 Å². The summed E-state index contributed by atoms with van der Waals surface area (Å²) in [6, 6.07) is 1.62. The number of nitrogen functional groups attached to an aromatic ring is 1. The molecule has 3 N–H and O–H groups in total. The molecule has 0 aliphatic rings. The minimum absolute atomic E-state index is 0.0426. The second-order valence-electron chi connectivity index (χ2n) is 3.72. The maximum atomic E-state index is 13.9. The summed E-state index contributed by atoms with van der Waals surface area (Å²) in [6.07, 6.45) is 2.54. The zero-order chi connectivity index (χ0) is 13.7. The highest BCUT2D eigenvalue weighted by Crippen LogP contribution is 2.29. The van der Waals surface area contributed by atoms with Gasteiger partial charge in [-0.05, 0) is 31.6 Å². The van der Waals surface area contributed by atoms with Crippen LogP contribution in [0.25, 0.3) is 6.08 Å². The van der Waals surface area contributed by atoms with Gasteiger partial charge in [0, 0.05) is 18.7 Å². The van der Waals surface area contributed by atoms with E-state index in [2.05, 4.69) is 5.32 Å². The van der Waals surface area contributed by atoms with Gasteiger partial charge in [-0.25, -0.2) is 9.18 Å². The van der Waals surface area contributed by atoms with E-state index >= 15 is 0 Å². The molecule has 0 atom stereocenters. The van der Waals surface area contributed by atoms with Crippen molar-refractivity contribution in [3.05, 3.63) is 29.1 Å². The van der Waals surface area contributed by atoms with Crippen molar-refractivity contribution in [3.8, 4) is 0 Å². The van der Waals surface area contributed by atoms with Crippen LogP contribution in [0.2, 0.25) is 0 Å². The predicted octanol–water partition coefficient (Wildman–Crippen LogP) is 2.33. The van der Waals surface area contributed by atoms with Crippen LogP contribution in [0.15, 0.2) is 12.1 Å². The molecule has 0 radical (unpaired) electrons. The summed E-state index contributed by atoms with van der Waals surface area (Å²) in [7, 11) is 1.67. The molecule has 4 nitrogen and oxygen atoms in total. The molecule has 1 aromatic carbocycles. The van der Waals surface area contributed by atoms with Crippen molar-refractivity contribution in [3.63, 3.8) is 0 Å². The standard InChI is InChI=1S/C13H17FN2O2/c1-4-18-10(17)6-5-9-7-8(2)13(16-3)12(15)11(9)14/h5-7,16H,4,15H2,1-3H3/b6-5+. The molecule has 0 saturated carbocycles. The lowest BCUT2D eigenvalue weighted by Crippen LogP contribution is -2.03. The zero-order valence-electron chi connectivity index (χ0n) is 10.7. The Morgan fingerprint density at radius 1 is 1.61 bits per heavy atom. The highest BCUT2D eigenvalue weighted by Gasteiger charge is 2.11. The molecule has 1 aromatic rings. The Morgan fingerprint density at radius 3 is 2.83 bits per heavy atom. The first-order chi connectivity index (χ1) is 8.51. The maximum Gasteiger partial charge on any atom is 0.330 e. The third kappa shape index (κ3) is 3.00. The molecule has 0 aromatic heterocycles. The smallest absolute Gasteiger partial charge is 0.330 e. The number of hydrogen-bond donors (Lipinski definition) is 2. The Bertz CT molecular complexity index is 484. The van der Waals surface area contributed by atoms with Gasteiger partial charge in [0.2, 0.25) is 0 Å². The predicted molar refractivity (Wildman–Crippen MR) is 70.8 cm³/mol. The quantitative estimate of drug-likeness (QED) is 0.490. The minimum Gasteiger partial charge on any atom is -0.463 e. The topological polar surface area (TPSA) is 64.3 Å². The summed E-state index contributed by atoms with van der Waals surface area (Å²) in [5.41, 5.74) is 7.34. The largest absolute Gasteiger partial charge is 0.463 e. The number of nitrogens with two attached hydrogens (primary N) is 1. The van der Waals surface area contributed by atoms with Crippen molar-refractivity contribution >= 4 is 23.4 Å². The van der Waals surface area contributed by atoms with E-state index in [1.807, 2.05) is 6.92 Å². The normalized spacial score (nSPS) is 10.7. The SMILES string of the molecule is CCOC(=O)/C=C/c1cc(C)c(NC)c(N)c1F. The molecular formula is C13H17FN2O2. The van der Waals surface area contributed by atoms with Gasteiger partial charge in [0.05, 0.1) is 18.0 Å². The van der Waals surface area contributed by atoms with Crippen molar-refractivity contribution in [2.75, 3.05) is 24.7 Å². The maximum absolute atomic E-state index is 13.9. The van der Waals surface area contributed by atoms with Crippen LogP contribution in [-0.4, -0.2) is 19.6 Å². The average molecular weight is 252 g/mol. The number of carbonyl (C=O) groups is 1. The number of esters is 1. The lowest BCUT2D eigenvalue weighted by atomic mass is 10.1. The third-order valence-corrected chi connectivity index (χ3v) is 2.46. The van der Waals surface area contributed by atoms with Crippen molar-refractivity contribution in [2.24, 2.45) is 0 Å². The van der Waals surface area contributed by atoms with Crippen LogP contribution in [0.4, 0.5) is 15.8 Å². The Balaban J connectivity index is 3.08. The van der Waals surface area contributed by atoms with E-state index in [9.17, 15) is 9.18 Å². The van der Waals surface area contributed by atoms with Gasteiger partial charge in [0.1, 0.15) is 0 Å². The van der Waals surface area contributed by atoms with Crippen LogP contribution in [0.3, 0.4) is 0 Å². The zero-order valence-corrected chi connectivity index (χ0v) is 10.7. The third-order valence-electron chi connectivity index (χ3n) is 2.46. The van der Waals surface area contributed by atoms with Crippen LogP contribution in [0.5, 0.6) is 0 Å². The van der Waals surface area contributed by atoms with E-state index in [-0.39, 0.29) is 17.9 Å². The van der Waals surface area contributed by atoms with Crippen LogP contribution in [0, 0.1) is 12.7 Å². The molecule has 0 aliphatic heterocycles.